The van der Waals surface area contributed by atoms with Crippen molar-refractivity contribution in [2.45, 2.75) is 0 Å². The van der Waals surface area contributed by atoms with Gasteiger partial charge in [-0.15, -0.1) is 11.3 Å². The van der Waals surface area contributed by atoms with Crippen LogP contribution < -0.4 is 0 Å². The van der Waals surface area contributed by atoms with Crippen LogP contribution in [0.25, 0.3) is 10.8 Å². The minimum Gasteiger partial charge on any atom is -0.462 e. The van der Waals surface area contributed by atoms with Crippen molar-refractivity contribution in [1.82, 2.24) is 4.98 Å². The Morgan fingerprint density at radius 1 is 1.58 bits per heavy atom. The summed E-state index contributed by atoms with van der Waals surface area (Å²) in [5, 5.41) is 2.44. The Hall–Kier alpha value is -1.42. The number of carbonyl (C=O) groups is 1. The number of aromatic nitrogens is 1. The molecule has 0 saturated heterocycles. The summed E-state index contributed by atoms with van der Waals surface area (Å²) in [5.41, 5.74) is 0.450. The first-order chi connectivity index (χ1) is 5.90. The van der Waals surface area contributed by atoms with Gasteiger partial charge in [0, 0.05) is 5.38 Å². The molecule has 0 saturated carbocycles. The van der Waals surface area contributed by atoms with Gasteiger partial charge in [-0.2, -0.15) is 0 Å². The van der Waals surface area contributed by atoms with E-state index >= 15 is 0 Å². The van der Waals surface area contributed by atoms with Gasteiger partial charge in [-0.1, -0.05) is 0 Å². The first-order valence-electron chi connectivity index (χ1n) is 3.35. The lowest BCUT2D eigenvalue weighted by Crippen LogP contribution is -1.77. The summed E-state index contributed by atoms with van der Waals surface area (Å²) in [6.07, 6.45) is 2.31. The number of hydrogen-bond acceptors (Lipinski definition) is 4. The van der Waals surface area contributed by atoms with Crippen LogP contribution in [0.2, 0.25) is 0 Å². The van der Waals surface area contributed by atoms with Crippen molar-refractivity contribution in [2.24, 2.45) is 0 Å². The van der Waals surface area contributed by atoms with Gasteiger partial charge in [0.25, 0.3) is 0 Å². The van der Waals surface area contributed by atoms with E-state index < -0.39 is 0 Å². The van der Waals surface area contributed by atoms with Gasteiger partial charge in [-0.25, -0.2) is 4.98 Å². The Balaban J connectivity index is 2.41. The van der Waals surface area contributed by atoms with Crippen molar-refractivity contribution in [1.29, 1.82) is 0 Å². The van der Waals surface area contributed by atoms with Crippen molar-refractivity contribution < 1.29 is 9.21 Å². The van der Waals surface area contributed by atoms with Crippen LogP contribution in [0.4, 0.5) is 0 Å². The van der Waals surface area contributed by atoms with E-state index in [1.54, 1.807) is 17.7 Å². The van der Waals surface area contributed by atoms with Gasteiger partial charge < -0.3 is 4.42 Å². The molecule has 12 heavy (non-hydrogen) atoms. The molecule has 0 aliphatic carbocycles. The molecule has 2 rings (SSSR count). The van der Waals surface area contributed by atoms with Crippen LogP contribution in [0.5, 0.6) is 0 Å². The van der Waals surface area contributed by atoms with Crippen LogP contribution in [-0.2, 0) is 0 Å². The molecule has 2 heterocycles. The fraction of sp³-hybridized carbons (Fsp3) is 0. The normalized spacial score (nSPS) is 10.0. The minimum absolute atomic E-state index is 0.450. The number of thiazole rings is 1. The third kappa shape index (κ3) is 1.16. The summed E-state index contributed by atoms with van der Waals surface area (Å²) >= 11 is 1.40. The quantitative estimate of drug-likeness (QED) is 0.664. The molecule has 2 aromatic rings. The van der Waals surface area contributed by atoms with Gasteiger partial charge in [-0.3, -0.25) is 4.79 Å². The molecule has 4 heteroatoms. The van der Waals surface area contributed by atoms with E-state index in [4.69, 9.17) is 4.42 Å². The fourth-order valence-corrected chi connectivity index (χ4v) is 1.58. The van der Waals surface area contributed by atoms with Crippen molar-refractivity contribution in [2.75, 3.05) is 0 Å². The van der Waals surface area contributed by atoms with Crippen LogP contribution in [0.15, 0.2) is 28.2 Å². The average Bonchev–Trinajstić information content (AvgIpc) is 2.75. The highest BCUT2D eigenvalue weighted by Crippen LogP contribution is 2.22. The maximum Gasteiger partial charge on any atom is 0.169 e. The summed E-state index contributed by atoms with van der Waals surface area (Å²) in [5.74, 6) is 0.702. The Labute approximate surface area is 72.7 Å². The third-order valence-corrected chi connectivity index (χ3v) is 2.25. The van der Waals surface area contributed by atoms with E-state index in [1.807, 2.05) is 6.07 Å². The molecule has 0 spiro atoms. The average molecular weight is 179 g/mol. The number of hydrogen-bond donors (Lipinski definition) is 0. The highest BCUT2D eigenvalue weighted by molar-refractivity contribution is 7.13. The molecular formula is C8H5NO2S. The van der Waals surface area contributed by atoms with Gasteiger partial charge in [-0.05, 0) is 12.1 Å². The lowest BCUT2D eigenvalue weighted by atomic mass is 10.5. The highest BCUT2D eigenvalue weighted by atomic mass is 32.1. The molecule has 3 nitrogen and oxygen atoms in total. The van der Waals surface area contributed by atoms with Crippen molar-refractivity contribution in [3.63, 3.8) is 0 Å². The van der Waals surface area contributed by atoms with E-state index in [-0.39, 0.29) is 0 Å². The van der Waals surface area contributed by atoms with Crippen molar-refractivity contribution in [3.8, 4) is 10.8 Å². The number of rotatable bonds is 2. The zero-order valence-corrected chi connectivity index (χ0v) is 6.88. The van der Waals surface area contributed by atoms with Crippen LogP contribution in [0, 0.1) is 0 Å². The SMILES string of the molecule is O=Cc1csc(-c2ccco2)n1. The number of furan rings is 1. The minimum atomic E-state index is 0.450. The van der Waals surface area contributed by atoms with Gasteiger partial charge in [0.2, 0.25) is 0 Å². The standard InChI is InChI=1S/C8H5NO2S/c10-4-6-5-12-8(9-6)7-2-1-3-11-7/h1-5H. The molecule has 0 aromatic carbocycles. The first kappa shape index (κ1) is 7.24. The highest BCUT2D eigenvalue weighted by Gasteiger charge is 2.05. The maximum atomic E-state index is 10.3. The van der Waals surface area contributed by atoms with Crippen LogP contribution in [0.3, 0.4) is 0 Å². The summed E-state index contributed by atoms with van der Waals surface area (Å²) in [6.45, 7) is 0. The Kier molecular flexibility index (Phi) is 1.75. The molecule has 0 aliphatic rings. The van der Waals surface area contributed by atoms with Crippen molar-refractivity contribution in [3.05, 3.63) is 29.5 Å². The Morgan fingerprint density at radius 3 is 3.08 bits per heavy atom. The Bertz CT molecular complexity index is 377. The van der Waals surface area contributed by atoms with E-state index in [0.717, 1.165) is 11.3 Å². The first-order valence-corrected chi connectivity index (χ1v) is 4.22. The zero-order chi connectivity index (χ0) is 8.39. The van der Waals surface area contributed by atoms with Crippen molar-refractivity contribution >= 4 is 17.6 Å². The zero-order valence-electron chi connectivity index (χ0n) is 6.06. The molecule has 0 fully saturated rings. The number of aldehydes is 1. The largest absolute Gasteiger partial charge is 0.462 e. The number of carbonyl (C=O) groups excluding carboxylic acids is 1. The van der Waals surface area contributed by atoms with E-state index in [9.17, 15) is 4.79 Å². The van der Waals surface area contributed by atoms with Gasteiger partial charge >= 0.3 is 0 Å². The van der Waals surface area contributed by atoms with Crippen LogP contribution >= 0.6 is 11.3 Å². The molecular weight excluding hydrogens is 174 g/mol. The predicted octanol–water partition coefficient (Wildman–Crippen LogP) is 2.22. The Morgan fingerprint density at radius 2 is 2.50 bits per heavy atom. The topological polar surface area (TPSA) is 43.1 Å². The molecule has 60 valence electrons. The van der Waals surface area contributed by atoms with E-state index in [2.05, 4.69) is 4.98 Å². The van der Waals surface area contributed by atoms with Gasteiger partial charge in [0.05, 0.1) is 6.26 Å². The fourth-order valence-electron chi connectivity index (χ4n) is 0.854. The number of nitrogens with zero attached hydrogens (tertiary/aromatic N) is 1. The molecule has 0 atom stereocenters. The second-order valence-corrected chi connectivity index (χ2v) is 3.03. The maximum absolute atomic E-state index is 10.3. The molecule has 0 unspecified atom stereocenters. The summed E-state index contributed by atoms with van der Waals surface area (Å²) in [6, 6.07) is 3.60. The molecule has 0 radical (unpaired) electrons. The van der Waals surface area contributed by atoms with E-state index in [1.165, 1.54) is 11.3 Å². The molecule has 0 aliphatic heterocycles. The summed E-state index contributed by atoms with van der Waals surface area (Å²) in [4.78, 5) is 14.3. The lowest BCUT2D eigenvalue weighted by Gasteiger charge is -1.84. The molecule has 0 N–H and O–H groups in total. The molecule has 0 bridgehead atoms. The summed E-state index contributed by atoms with van der Waals surface area (Å²) < 4.78 is 5.11. The second kappa shape index (κ2) is 2.91. The second-order valence-electron chi connectivity index (χ2n) is 2.17. The third-order valence-electron chi connectivity index (χ3n) is 1.37. The van der Waals surface area contributed by atoms with Gasteiger partial charge in [0.15, 0.2) is 17.1 Å². The van der Waals surface area contributed by atoms with Crippen LogP contribution in [0.1, 0.15) is 10.5 Å². The monoisotopic (exact) mass is 179 g/mol. The van der Waals surface area contributed by atoms with Crippen LogP contribution in [-0.4, -0.2) is 11.3 Å². The molecule has 0 amide bonds. The van der Waals surface area contributed by atoms with E-state index in [0.29, 0.717) is 11.5 Å². The predicted molar refractivity (Wildman–Crippen MR) is 45.2 cm³/mol. The molecule has 2 aromatic heterocycles. The smallest absolute Gasteiger partial charge is 0.169 e. The summed E-state index contributed by atoms with van der Waals surface area (Å²) in [7, 11) is 0. The van der Waals surface area contributed by atoms with Gasteiger partial charge in [0.1, 0.15) is 5.69 Å². The lowest BCUT2D eigenvalue weighted by molar-refractivity contribution is 0.111.